The number of benzene rings is 3. The van der Waals surface area contributed by atoms with Gasteiger partial charge in [0.15, 0.2) is 6.10 Å². The van der Waals surface area contributed by atoms with Crippen LogP contribution in [0.1, 0.15) is 22.9 Å². The molecule has 7 nitrogen and oxygen atoms in total. The van der Waals surface area contributed by atoms with Crippen LogP contribution >= 0.6 is 0 Å². The Labute approximate surface area is 207 Å². The number of hydrogen-bond donors (Lipinski definition) is 0. The Morgan fingerprint density at radius 2 is 1.56 bits per heavy atom. The van der Waals surface area contributed by atoms with E-state index in [0.29, 0.717) is 16.7 Å². The normalized spacial score (nSPS) is 14.3. The standard InChI is InChI=1S/C29H25N3O4/c1-17-9-11-18(12-10-17)24-23-25(30(2)29(34)31(3)28(23)33)26-27(19-13-15-20(35-4)16-14-19)36-22-8-6-5-7-21(22)32(24)26/h5-16,27H,1-4H3. The molecule has 1 aliphatic rings. The quantitative estimate of drug-likeness (QED) is 0.382. The third-order valence-corrected chi connectivity index (χ3v) is 6.95. The van der Waals surface area contributed by atoms with E-state index >= 15 is 0 Å². The van der Waals surface area contributed by atoms with Crippen LogP contribution in [0.25, 0.3) is 27.8 Å². The Morgan fingerprint density at radius 1 is 0.861 bits per heavy atom. The van der Waals surface area contributed by atoms with Gasteiger partial charge in [0.25, 0.3) is 5.56 Å². The first-order chi connectivity index (χ1) is 17.4. The van der Waals surface area contributed by atoms with Gasteiger partial charge < -0.3 is 14.0 Å². The lowest BCUT2D eigenvalue weighted by Gasteiger charge is -2.30. The van der Waals surface area contributed by atoms with E-state index in [1.807, 2.05) is 79.7 Å². The van der Waals surface area contributed by atoms with Gasteiger partial charge in [-0.25, -0.2) is 4.79 Å². The van der Waals surface area contributed by atoms with E-state index in [-0.39, 0.29) is 11.2 Å². The number of para-hydroxylation sites is 2. The number of aromatic nitrogens is 3. The molecule has 3 heterocycles. The van der Waals surface area contributed by atoms with Crippen LogP contribution < -0.4 is 20.7 Å². The number of rotatable bonds is 3. The first kappa shape index (κ1) is 22.0. The second-order valence-corrected chi connectivity index (χ2v) is 9.10. The molecule has 1 atom stereocenters. The molecule has 0 spiro atoms. The first-order valence-corrected chi connectivity index (χ1v) is 11.7. The lowest BCUT2D eigenvalue weighted by molar-refractivity contribution is 0.229. The van der Waals surface area contributed by atoms with Crippen molar-refractivity contribution in [3.8, 4) is 28.4 Å². The fourth-order valence-electron chi connectivity index (χ4n) is 5.10. The zero-order valence-electron chi connectivity index (χ0n) is 20.5. The van der Waals surface area contributed by atoms with Crippen molar-refractivity contribution in [3.63, 3.8) is 0 Å². The van der Waals surface area contributed by atoms with E-state index in [4.69, 9.17) is 9.47 Å². The minimum atomic E-state index is -0.551. The largest absolute Gasteiger partial charge is 0.497 e. The van der Waals surface area contributed by atoms with Crippen LogP contribution in [0.15, 0.2) is 82.4 Å². The van der Waals surface area contributed by atoms with Gasteiger partial charge in [-0.15, -0.1) is 0 Å². The zero-order valence-corrected chi connectivity index (χ0v) is 20.5. The summed E-state index contributed by atoms with van der Waals surface area (Å²) in [6.45, 7) is 2.03. The minimum absolute atomic E-state index is 0.337. The zero-order chi connectivity index (χ0) is 25.1. The predicted octanol–water partition coefficient (Wildman–Crippen LogP) is 4.49. The molecule has 0 saturated carbocycles. The summed E-state index contributed by atoms with van der Waals surface area (Å²) in [5.74, 6) is 1.43. The van der Waals surface area contributed by atoms with E-state index in [2.05, 4.69) is 4.57 Å². The molecule has 5 aromatic rings. The smallest absolute Gasteiger partial charge is 0.331 e. The number of nitrogens with zero attached hydrogens (tertiary/aromatic N) is 3. The van der Waals surface area contributed by atoms with Crippen LogP contribution in [-0.4, -0.2) is 20.8 Å². The Balaban J connectivity index is 1.82. The van der Waals surface area contributed by atoms with Gasteiger partial charge in [0.1, 0.15) is 11.5 Å². The molecule has 0 fully saturated rings. The maximum Gasteiger partial charge on any atom is 0.331 e. The molecule has 1 unspecified atom stereocenters. The highest BCUT2D eigenvalue weighted by atomic mass is 16.5. The number of ether oxygens (including phenoxy) is 2. The minimum Gasteiger partial charge on any atom is -0.497 e. The molecule has 0 amide bonds. The summed E-state index contributed by atoms with van der Waals surface area (Å²) in [4.78, 5) is 26.8. The van der Waals surface area contributed by atoms with E-state index in [1.165, 1.54) is 11.6 Å². The summed E-state index contributed by atoms with van der Waals surface area (Å²) in [5, 5.41) is 0.484. The maximum absolute atomic E-state index is 13.7. The van der Waals surface area contributed by atoms with Gasteiger partial charge in [0.2, 0.25) is 0 Å². The third kappa shape index (κ3) is 3.05. The average Bonchev–Trinajstić information content (AvgIpc) is 3.27. The average molecular weight is 480 g/mol. The van der Waals surface area contributed by atoms with Gasteiger partial charge in [-0.3, -0.25) is 13.9 Å². The molecule has 180 valence electrons. The van der Waals surface area contributed by atoms with E-state index in [9.17, 15) is 9.59 Å². The van der Waals surface area contributed by atoms with Gasteiger partial charge in [-0.2, -0.15) is 0 Å². The Hall–Kier alpha value is -4.52. The molecule has 2 aromatic heterocycles. The Morgan fingerprint density at radius 3 is 2.25 bits per heavy atom. The first-order valence-electron chi connectivity index (χ1n) is 11.7. The summed E-state index contributed by atoms with van der Waals surface area (Å²) in [7, 11) is 4.85. The number of aryl methyl sites for hydroxylation is 2. The van der Waals surface area contributed by atoms with Crippen molar-refractivity contribution in [2.75, 3.05) is 7.11 Å². The van der Waals surface area contributed by atoms with Crippen molar-refractivity contribution in [1.82, 2.24) is 13.7 Å². The summed E-state index contributed by atoms with van der Waals surface area (Å²) in [5.41, 5.74) is 5.03. The molecule has 6 rings (SSSR count). The van der Waals surface area contributed by atoms with Crippen LogP contribution in [0.5, 0.6) is 11.5 Å². The van der Waals surface area contributed by atoms with Crippen molar-refractivity contribution in [2.45, 2.75) is 13.0 Å². The third-order valence-electron chi connectivity index (χ3n) is 6.95. The molecular weight excluding hydrogens is 454 g/mol. The predicted molar refractivity (Wildman–Crippen MR) is 139 cm³/mol. The molecule has 36 heavy (non-hydrogen) atoms. The second-order valence-electron chi connectivity index (χ2n) is 9.10. The van der Waals surface area contributed by atoms with Gasteiger partial charge in [-0.05, 0) is 42.3 Å². The lowest BCUT2D eigenvalue weighted by atomic mass is 10.0. The lowest BCUT2D eigenvalue weighted by Crippen LogP contribution is -2.37. The van der Waals surface area contributed by atoms with E-state index < -0.39 is 6.10 Å². The number of methoxy groups -OCH3 is 1. The molecule has 7 heteroatoms. The van der Waals surface area contributed by atoms with E-state index in [1.54, 1.807) is 18.7 Å². The van der Waals surface area contributed by atoms with Gasteiger partial charge in [0, 0.05) is 14.1 Å². The topological polar surface area (TPSA) is 67.4 Å². The van der Waals surface area contributed by atoms with Gasteiger partial charge in [-0.1, -0.05) is 54.1 Å². The van der Waals surface area contributed by atoms with Gasteiger partial charge >= 0.3 is 5.69 Å². The second kappa shape index (κ2) is 8.02. The Kier molecular flexibility index (Phi) is 4.89. The monoisotopic (exact) mass is 479 g/mol. The van der Waals surface area contributed by atoms with Crippen LogP contribution in [0.4, 0.5) is 0 Å². The highest BCUT2D eigenvalue weighted by Gasteiger charge is 2.36. The van der Waals surface area contributed by atoms with Crippen molar-refractivity contribution in [3.05, 3.63) is 110 Å². The van der Waals surface area contributed by atoms with Crippen molar-refractivity contribution in [2.24, 2.45) is 14.1 Å². The highest BCUT2D eigenvalue weighted by molar-refractivity contribution is 5.98. The van der Waals surface area contributed by atoms with Crippen LogP contribution in [0.2, 0.25) is 0 Å². The van der Waals surface area contributed by atoms with Gasteiger partial charge in [0.05, 0.1) is 35.1 Å². The molecule has 0 radical (unpaired) electrons. The summed E-state index contributed by atoms with van der Waals surface area (Å²) in [6, 6.07) is 23.5. The highest BCUT2D eigenvalue weighted by Crippen LogP contribution is 2.46. The fraction of sp³-hybridized carbons (Fsp3) is 0.172. The molecular formula is C29H25N3O4. The molecule has 0 N–H and O–H groups in total. The summed E-state index contributed by atoms with van der Waals surface area (Å²) >= 11 is 0. The molecule has 1 aliphatic heterocycles. The van der Waals surface area contributed by atoms with Crippen molar-refractivity contribution >= 4 is 10.9 Å². The fourth-order valence-corrected chi connectivity index (χ4v) is 5.10. The van der Waals surface area contributed by atoms with Crippen molar-refractivity contribution < 1.29 is 9.47 Å². The summed E-state index contributed by atoms with van der Waals surface area (Å²) < 4.78 is 16.7. The van der Waals surface area contributed by atoms with Crippen LogP contribution in [0, 0.1) is 6.92 Å². The van der Waals surface area contributed by atoms with Crippen molar-refractivity contribution in [1.29, 1.82) is 0 Å². The number of fused-ring (bicyclic) bond motifs is 5. The molecule has 3 aromatic carbocycles. The van der Waals surface area contributed by atoms with Crippen LogP contribution in [0.3, 0.4) is 0 Å². The number of hydrogen-bond acceptors (Lipinski definition) is 4. The molecule has 0 aliphatic carbocycles. The Bertz CT molecular complexity index is 1760. The van der Waals surface area contributed by atoms with E-state index in [0.717, 1.165) is 39.5 Å². The summed E-state index contributed by atoms with van der Waals surface area (Å²) in [6.07, 6.45) is -0.551. The maximum atomic E-state index is 13.7. The van der Waals surface area contributed by atoms with Crippen LogP contribution in [-0.2, 0) is 14.1 Å². The SMILES string of the molecule is COc1ccc(C2Oc3ccccc3-n3c(-c4ccc(C)cc4)c4c(=O)n(C)c(=O)n(C)c4c32)cc1. The molecule has 0 saturated heterocycles. The molecule has 0 bridgehead atoms.